The van der Waals surface area contributed by atoms with Gasteiger partial charge in [-0.25, -0.2) is 0 Å². The molecule has 1 aromatic heterocycles. The van der Waals surface area contributed by atoms with Crippen LogP contribution in [-0.4, -0.2) is 16.0 Å². The van der Waals surface area contributed by atoms with Gasteiger partial charge >= 0.3 is 0 Å². The molecule has 1 aliphatic rings. The number of carbonyl (C=O) groups excluding carboxylic acids is 1. The largest absolute Gasteiger partial charge is 0.291 e. The molecule has 1 aromatic rings. The van der Waals surface area contributed by atoms with Crippen molar-refractivity contribution in [2.75, 3.05) is 0 Å². The summed E-state index contributed by atoms with van der Waals surface area (Å²) in [6.45, 7) is 0. The number of rotatable bonds is 1. The average molecular weight is 300 g/mol. The van der Waals surface area contributed by atoms with Gasteiger partial charge < -0.3 is 0 Å². The second-order valence-corrected chi connectivity index (χ2v) is 4.21. The average Bonchev–Trinajstić information content (AvgIpc) is 2.24. The summed E-state index contributed by atoms with van der Waals surface area (Å²) in [7, 11) is 0. The van der Waals surface area contributed by atoms with Gasteiger partial charge in [-0.15, -0.1) is 0 Å². The Morgan fingerprint density at radius 2 is 2.21 bits per heavy atom. The highest BCUT2D eigenvalue weighted by Gasteiger charge is 2.37. The molecule has 1 unspecified atom stereocenters. The number of ketones is 1. The molecule has 2 heterocycles. The number of carbonyl (C=O) groups is 1. The SMILES string of the molecule is O=C1C=CN=NC1(I)c1ccnnc1. The van der Waals surface area contributed by atoms with E-state index in [1.54, 1.807) is 6.07 Å². The van der Waals surface area contributed by atoms with Crippen LogP contribution in [0, 0.1) is 0 Å². The van der Waals surface area contributed by atoms with Crippen molar-refractivity contribution in [3.8, 4) is 0 Å². The van der Waals surface area contributed by atoms with Crippen LogP contribution in [0.5, 0.6) is 0 Å². The lowest BCUT2D eigenvalue weighted by atomic mass is 10.1. The molecule has 14 heavy (non-hydrogen) atoms. The van der Waals surface area contributed by atoms with E-state index in [9.17, 15) is 4.79 Å². The fourth-order valence-electron chi connectivity index (χ4n) is 1.06. The highest BCUT2D eigenvalue weighted by Crippen LogP contribution is 2.36. The molecule has 0 aromatic carbocycles. The maximum atomic E-state index is 11.6. The molecule has 0 saturated heterocycles. The minimum Gasteiger partial charge on any atom is -0.291 e. The van der Waals surface area contributed by atoms with Gasteiger partial charge in [0.15, 0.2) is 0 Å². The summed E-state index contributed by atoms with van der Waals surface area (Å²) >= 11 is 1.95. The minimum absolute atomic E-state index is 0.110. The molecule has 0 radical (unpaired) electrons. The predicted molar refractivity (Wildman–Crippen MR) is 56.7 cm³/mol. The Hall–Kier alpha value is -1.18. The number of nitrogens with zero attached hydrogens (tertiary/aromatic N) is 4. The lowest BCUT2D eigenvalue weighted by Gasteiger charge is -2.19. The van der Waals surface area contributed by atoms with Crippen molar-refractivity contribution in [1.29, 1.82) is 0 Å². The fraction of sp³-hybridized carbons (Fsp3) is 0.125. The molecule has 70 valence electrons. The van der Waals surface area contributed by atoms with E-state index < -0.39 is 3.55 Å². The summed E-state index contributed by atoms with van der Waals surface area (Å²) in [5.74, 6) is -0.110. The molecule has 0 N–H and O–H groups in total. The molecule has 1 atom stereocenters. The van der Waals surface area contributed by atoms with E-state index >= 15 is 0 Å². The summed E-state index contributed by atoms with van der Waals surface area (Å²) < 4.78 is -0.970. The van der Waals surface area contributed by atoms with Gasteiger partial charge in [-0.3, -0.25) is 4.79 Å². The number of hydrogen-bond donors (Lipinski definition) is 0. The van der Waals surface area contributed by atoms with Gasteiger partial charge in [-0.05, 0) is 28.7 Å². The van der Waals surface area contributed by atoms with Gasteiger partial charge in [0.25, 0.3) is 0 Å². The molecular weight excluding hydrogens is 295 g/mol. The van der Waals surface area contributed by atoms with Crippen LogP contribution in [0.3, 0.4) is 0 Å². The second-order valence-electron chi connectivity index (χ2n) is 2.65. The molecule has 0 saturated carbocycles. The van der Waals surface area contributed by atoms with Crippen molar-refractivity contribution in [2.24, 2.45) is 10.2 Å². The van der Waals surface area contributed by atoms with Gasteiger partial charge in [-0.2, -0.15) is 20.4 Å². The fourth-order valence-corrected chi connectivity index (χ4v) is 1.68. The van der Waals surface area contributed by atoms with Crippen molar-refractivity contribution in [1.82, 2.24) is 10.2 Å². The van der Waals surface area contributed by atoms with Crippen LogP contribution in [-0.2, 0) is 8.34 Å². The summed E-state index contributed by atoms with van der Waals surface area (Å²) in [4.78, 5) is 11.6. The lowest BCUT2D eigenvalue weighted by Crippen LogP contribution is -2.26. The van der Waals surface area contributed by atoms with Crippen LogP contribution in [0.15, 0.2) is 41.0 Å². The van der Waals surface area contributed by atoms with Crippen LogP contribution in [0.4, 0.5) is 0 Å². The number of alkyl halides is 1. The molecular formula is C8H5IN4O. The van der Waals surface area contributed by atoms with Crippen LogP contribution < -0.4 is 0 Å². The summed E-state index contributed by atoms with van der Waals surface area (Å²) in [6.07, 6.45) is 5.83. The Bertz CT molecular complexity index is 417. The van der Waals surface area contributed by atoms with Gasteiger partial charge in [0.2, 0.25) is 9.33 Å². The third kappa shape index (κ3) is 1.45. The van der Waals surface area contributed by atoms with Crippen LogP contribution in [0.25, 0.3) is 0 Å². The first kappa shape index (κ1) is 9.38. The van der Waals surface area contributed by atoms with E-state index in [0.717, 1.165) is 0 Å². The summed E-state index contributed by atoms with van der Waals surface area (Å²) in [5, 5.41) is 15.0. The Balaban J connectivity index is 2.47. The van der Waals surface area contributed by atoms with E-state index in [4.69, 9.17) is 0 Å². The second kappa shape index (κ2) is 3.52. The predicted octanol–water partition coefficient (Wildman–Crippen LogP) is 1.61. The molecule has 0 amide bonds. The third-order valence-electron chi connectivity index (χ3n) is 1.78. The zero-order valence-electron chi connectivity index (χ0n) is 6.96. The summed E-state index contributed by atoms with van der Waals surface area (Å²) in [6, 6.07) is 1.70. The molecule has 0 spiro atoms. The van der Waals surface area contributed by atoms with Crippen molar-refractivity contribution >= 4 is 28.4 Å². The molecule has 6 heteroatoms. The highest BCUT2D eigenvalue weighted by atomic mass is 127. The minimum atomic E-state index is -0.970. The van der Waals surface area contributed by atoms with E-state index in [1.165, 1.54) is 24.7 Å². The quantitative estimate of drug-likeness (QED) is 0.449. The lowest BCUT2D eigenvalue weighted by molar-refractivity contribution is -0.116. The first-order valence-corrected chi connectivity index (χ1v) is 4.90. The molecule has 0 bridgehead atoms. The van der Waals surface area contributed by atoms with Gasteiger partial charge in [0.1, 0.15) is 0 Å². The Morgan fingerprint density at radius 1 is 1.36 bits per heavy atom. The number of halogens is 1. The Morgan fingerprint density at radius 3 is 2.86 bits per heavy atom. The third-order valence-corrected chi connectivity index (χ3v) is 3.15. The number of aromatic nitrogens is 2. The summed E-state index contributed by atoms with van der Waals surface area (Å²) in [5.41, 5.74) is 0.686. The standard InChI is InChI=1S/C8H5IN4O/c9-8(6-1-3-10-12-5-6)7(14)2-4-11-13-8/h1-5H. The first-order valence-electron chi connectivity index (χ1n) is 3.82. The van der Waals surface area contributed by atoms with Gasteiger partial charge in [0.05, 0.1) is 12.4 Å². The maximum Gasteiger partial charge on any atom is 0.220 e. The van der Waals surface area contributed by atoms with Crippen LogP contribution in [0.1, 0.15) is 5.56 Å². The molecule has 5 nitrogen and oxygen atoms in total. The van der Waals surface area contributed by atoms with Gasteiger partial charge in [-0.1, -0.05) is 0 Å². The van der Waals surface area contributed by atoms with Crippen molar-refractivity contribution in [3.05, 3.63) is 36.3 Å². The smallest absolute Gasteiger partial charge is 0.220 e. The molecule has 0 fully saturated rings. The zero-order valence-corrected chi connectivity index (χ0v) is 9.12. The van der Waals surface area contributed by atoms with E-state index in [1.807, 2.05) is 22.6 Å². The van der Waals surface area contributed by atoms with E-state index in [2.05, 4.69) is 20.4 Å². The van der Waals surface area contributed by atoms with Crippen molar-refractivity contribution < 1.29 is 4.79 Å². The monoisotopic (exact) mass is 300 g/mol. The molecule has 2 rings (SSSR count). The van der Waals surface area contributed by atoms with Crippen molar-refractivity contribution in [3.63, 3.8) is 0 Å². The maximum absolute atomic E-state index is 11.6. The van der Waals surface area contributed by atoms with E-state index in [-0.39, 0.29) is 5.78 Å². The van der Waals surface area contributed by atoms with Crippen LogP contribution in [0.2, 0.25) is 0 Å². The highest BCUT2D eigenvalue weighted by molar-refractivity contribution is 14.1. The Kier molecular flexibility index (Phi) is 2.36. The first-order chi connectivity index (χ1) is 6.73. The van der Waals surface area contributed by atoms with Crippen LogP contribution >= 0.6 is 22.6 Å². The topological polar surface area (TPSA) is 67.6 Å². The number of azo groups is 1. The Labute approximate surface area is 93.5 Å². The molecule has 0 aliphatic carbocycles. The van der Waals surface area contributed by atoms with Gasteiger partial charge in [0, 0.05) is 17.8 Å². The number of hydrogen-bond acceptors (Lipinski definition) is 5. The molecule has 1 aliphatic heterocycles. The normalized spacial score (nSPS) is 25.4. The van der Waals surface area contributed by atoms with Crippen molar-refractivity contribution in [2.45, 2.75) is 3.55 Å². The zero-order chi connectivity index (χ0) is 10.0. The van der Waals surface area contributed by atoms with E-state index in [0.29, 0.717) is 5.56 Å².